The summed E-state index contributed by atoms with van der Waals surface area (Å²) in [5.74, 6) is 1.21. The summed E-state index contributed by atoms with van der Waals surface area (Å²) in [4.78, 5) is 0. The maximum Gasteiger partial charge on any atom is 0.0471 e. The van der Waals surface area contributed by atoms with Crippen molar-refractivity contribution in [3.63, 3.8) is 0 Å². The van der Waals surface area contributed by atoms with Gasteiger partial charge in [0.05, 0.1) is 0 Å². The van der Waals surface area contributed by atoms with Gasteiger partial charge in [-0.25, -0.2) is 0 Å². The molecule has 2 nitrogen and oxygen atoms in total. The van der Waals surface area contributed by atoms with E-state index >= 15 is 0 Å². The Balaban J connectivity index is 3.17. The quantitative estimate of drug-likeness (QED) is 0.574. The van der Waals surface area contributed by atoms with Crippen LogP contribution in [0.3, 0.4) is 0 Å². The van der Waals surface area contributed by atoms with E-state index in [1.807, 2.05) is 0 Å². The van der Waals surface area contributed by atoms with Crippen LogP contribution in [0.1, 0.15) is 33.6 Å². The number of nitrogens with one attached hydrogen (secondary N) is 1. The van der Waals surface area contributed by atoms with E-state index in [9.17, 15) is 0 Å². The predicted octanol–water partition coefficient (Wildman–Crippen LogP) is 1.64. The van der Waals surface area contributed by atoms with Gasteiger partial charge >= 0.3 is 0 Å². The van der Waals surface area contributed by atoms with E-state index in [0.717, 1.165) is 25.4 Å². The Morgan fingerprint density at radius 1 is 1.33 bits per heavy atom. The van der Waals surface area contributed by atoms with Crippen LogP contribution in [0.4, 0.5) is 0 Å². The highest BCUT2D eigenvalue weighted by molar-refractivity contribution is 4.59. The Morgan fingerprint density at radius 2 is 2.00 bits per heavy atom. The van der Waals surface area contributed by atoms with Crippen LogP contribution in [0.15, 0.2) is 0 Å². The smallest absolute Gasteiger partial charge is 0.0471 e. The zero-order valence-electron chi connectivity index (χ0n) is 8.64. The highest BCUT2D eigenvalue weighted by Gasteiger charge is 2.02. The summed E-state index contributed by atoms with van der Waals surface area (Å²) in [7, 11) is 0. The first-order valence-electron chi connectivity index (χ1n) is 5.02. The van der Waals surface area contributed by atoms with E-state index in [4.69, 9.17) is 5.11 Å². The van der Waals surface area contributed by atoms with Crippen LogP contribution in [-0.2, 0) is 0 Å². The van der Waals surface area contributed by atoms with E-state index in [1.54, 1.807) is 0 Å². The molecule has 0 bridgehead atoms. The summed E-state index contributed by atoms with van der Waals surface area (Å²) in [6, 6.07) is 0. The number of hydrogen-bond donors (Lipinski definition) is 2. The van der Waals surface area contributed by atoms with E-state index in [1.165, 1.54) is 6.42 Å². The zero-order chi connectivity index (χ0) is 9.40. The van der Waals surface area contributed by atoms with Gasteiger partial charge in [-0.1, -0.05) is 20.8 Å². The minimum absolute atomic E-state index is 0.311. The SMILES string of the molecule is CCC(CO)CNCCC(C)C. The Hall–Kier alpha value is -0.0800. The first-order chi connectivity index (χ1) is 5.70. The molecule has 1 unspecified atom stereocenters. The molecular weight excluding hydrogens is 150 g/mol. The first-order valence-corrected chi connectivity index (χ1v) is 5.02. The van der Waals surface area contributed by atoms with Crippen LogP contribution >= 0.6 is 0 Å². The van der Waals surface area contributed by atoms with Gasteiger partial charge in [-0.3, -0.25) is 0 Å². The largest absolute Gasteiger partial charge is 0.396 e. The van der Waals surface area contributed by atoms with E-state index in [-0.39, 0.29) is 0 Å². The van der Waals surface area contributed by atoms with Gasteiger partial charge in [0, 0.05) is 13.2 Å². The molecule has 1 atom stereocenters. The topological polar surface area (TPSA) is 32.3 Å². The van der Waals surface area contributed by atoms with Crippen LogP contribution < -0.4 is 5.32 Å². The molecule has 0 aliphatic heterocycles. The predicted molar refractivity (Wildman–Crippen MR) is 53.2 cm³/mol. The summed E-state index contributed by atoms with van der Waals surface area (Å²) in [5, 5.41) is 12.3. The molecule has 74 valence electrons. The fourth-order valence-electron chi connectivity index (χ4n) is 1.03. The van der Waals surface area contributed by atoms with Crippen molar-refractivity contribution in [3.05, 3.63) is 0 Å². The summed E-state index contributed by atoms with van der Waals surface area (Å²) in [6.45, 7) is 8.92. The first kappa shape index (κ1) is 11.9. The van der Waals surface area contributed by atoms with Crippen LogP contribution in [0.5, 0.6) is 0 Å². The van der Waals surface area contributed by atoms with Gasteiger partial charge in [0.15, 0.2) is 0 Å². The molecule has 0 fully saturated rings. The van der Waals surface area contributed by atoms with Crippen LogP contribution in [0.25, 0.3) is 0 Å². The van der Waals surface area contributed by atoms with Crippen molar-refractivity contribution in [2.24, 2.45) is 11.8 Å². The van der Waals surface area contributed by atoms with E-state index < -0.39 is 0 Å². The number of aliphatic hydroxyl groups excluding tert-OH is 1. The Labute approximate surface area is 76.4 Å². The molecule has 0 radical (unpaired) electrons. The monoisotopic (exact) mass is 173 g/mol. The summed E-state index contributed by atoms with van der Waals surface area (Å²) >= 11 is 0. The van der Waals surface area contributed by atoms with Crippen LogP contribution in [0, 0.1) is 11.8 Å². The summed E-state index contributed by atoms with van der Waals surface area (Å²) < 4.78 is 0. The second kappa shape index (κ2) is 7.56. The van der Waals surface area contributed by atoms with Gasteiger partial charge in [0.25, 0.3) is 0 Å². The molecule has 0 spiro atoms. The molecule has 0 saturated carbocycles. The number of aliphatic hydroxyl groups is 1. The maximum absolute atomic E-state index is 8.89. The van der Waals surface area contributed by atoms with E-state index in [2.05, 4.69) is 26.1 Å². The van der Waals surface area contributed by atoms with Gasteiger partial charge in [0.1, 0.15) is 0 Å². The second-order valence-electron chi connectivity index (χ2n) is 3.84. The molecular formula is C10H23NO. The van der Waals surface area contributed by atoms with Crippen molar-refractivity contribution in [1.82, 2.24) is 5.32 Å². The molecule has 0 aliphatic carbocycles. The molecule has 0 saturated heterocycles. The van der Waals surface area contributed by atoms with Gasteiger partial charge in [0.2, 0.25) is 0 Å². The normalized spacial score (nSPS) is 13.8. The lowest BCUT2D eigenvalue weighted by atomic mass is 10.1. The summed E-state index contributed by atoms with van der Waals surface area (Å²) in [5.41, 5.74) is 0. The lowest BCUT2D eigenvalue weighted by molar-refractivity contribution is 0.218. The van der Waals surface area contributed by atoms with Crippen LogP contribution in [0.2, 0.25) is 0 Å². The van der Waals surface area contributed by atoms with Gasteiger partial charge in [-0.15, -0.1) is 0 Å². The van der Waals surface area contributed by atoms with Gasteiger partial charge < -0.3 is 10.4 Å². The van der Waals surface area contributed by atoms with Crippen LogP contribution in [-0.4, -0.2) is 24.8 Å². The minimum Gasteiger partial charge on any atom is -0.396 e. The summed E-state index contributed by atoms with van der Waals surface area (Å²) in [6.07, 6.45) is 2.28. The Kier molecular flexibility index (Phi) is 7.51. The fraction of sp³-hybridized carbons (Fsp3) is 1.00. The van der Waals surface area contributed by atoms with Gasteiger partial charge in [-0.2, -0.15) is 0 Å². The van der Waals surface area contributed by atoms with Gasteiger partial charge in [-0.05, 0) is 31.2 Å². The molecule has 2 heteroatoms. The van der Waals surface area contributed by atoms with Crippen molar-refractivity contribution in [2.45, 2.75) is 33.6 Å². The average Bonchev–Trinajstić information content (AvgIpc) is 2.04. The highest BCUT2D eigenvalue weighted by atomic mass is 16.3. The van der Waals surface area contributed by atoms with Crippen molar-refractivity contribution in [2.75, 3.05) is 19.7 Å². The highest BCUT2D eigenvalue weighted by Crippen LogP contribution is 2.00. The fourth-order valence-corrected chi connectivity index (χ4v) is 1.03. The van der Waals surface area contributed by atoms with Crippen molar-refractivity contribution in [3.8, 4) is 0 Å². The molecule has 0 aromatic rings. The molecule has 0 heterocycles. The molecule has 12 heavy (non-hydrogen) atoms. The molecule has 0 aromatic heterocycles. The van der Waals surface area contributed by atoms with Crippen molar-refractivity contribution < 1.29 is 5.11 Å². The molecule has 2 N–H and O–H groups in total. The zero-order valence-corrected chi connectivity index (χ0v) is 8.64. The number of hydrogen-bond acceptors (Lipinski definition) is 2. The number of rotatable bonds is 7. The Bertz CT molecular complexity index is 89.8. The van der Waals surface area contributed by atoms with E-state index in [0.29, 0.717) is 12.5 Å². The molecule has 0 aromatic carbocycles. The molecule has 0 amide bonds. The lowest BCUT2D eigenvalue weighted by Crippen LogP contribution is -2.26. The Morgan fingerprint density at radius 3 is 2.42 bits per heavy atom. The average molecular weight is 173 g/mol. The third kappa shape index (κ3) is 6.62. The third-order valence-corrected chi connectivity index (χ3v) is 2.17. The maximum atomic E-state index is 8.89. The standard InChI is InChI=1S/C10H23NO/c1-4-10(8-12)7-11-6-5-9(2)3/h9-12H,4-8H2,1-3H3. The van der Waals surface area contributed by atoms with Crippen molar-refractivity contribution in [1.29, 1.82) is 0 Å². The second-order valence-corrected chi connectivity index (χ2v) is 3.84. The molecule has 0 rings (SSSR count). The third-order valence-electron chi connectivity index (χ3n) is 2.17. The lowest BCUT2D eigenvalue weighted by Gasteiger charge is -2.13. The van der Waals surface area contributed by atoms with Crippen molar-refractivity contribution >= 4 is 0 Å². The minimum atomic E-state index is 0.311. The molecule has 0 aliphatic rings.